The number of imidazole rings is 1. The third-order valence-electron chi connectivity index (χ3n) is 14.4. The number of ketones is 4. The van der Waals surface area contributed by atoms with E-state index in [1.807, 2.05) is 41.5 Å². The van der Waals surface area contributed by atoms with Gasteiger partial charge in [0.15, 0.2) is 35.1 Å². The van der Waals surface area contributed by atoms with Crippen molar-refractivity contribution in [3.05, 3.63) is 48.0 Å². The van der Waals surface area contributed by atoms with Gasteiger partial charge in [-0.2, -0.15) is 0 Å². The largest absolute Gasteiger partial charge is 0.508 e. The van der Waals surface area contributed by atoms with Crippen LogP contribution in [0.5, 0.6) is 5.75 Å². The maximum atomic E-state index is 14.6. The molecule has 24 heteroatoms. The first-order chi connectivity index (χ1) is 38.2. The van der Waals surface area contributed by atoms with Crippen molar-refractivity contribution in [2.24, 2.45) is 86.0 Å². The van der Waals surface area contributed by atoms with Crippen LogP contribution in [0.3, 0.4) is 0 Å². The lowest BCUT2D eigenvalue weighted by Gasteiger charge is -2.27. The quantitative estimate of drug-likeness (QED) is 0.0257. The van der Waals surface area contributed by atoms with Gasteiger partial charge in [-0.1, -0.05) is 67.0 Å². The molecule has 0 saturated carbocycles. The number of amides is 5. The Balaban J connectivity index is 2.47. The van der Waals surface area contributed by atoms with E-state index in [1.165, 1.54) is 31.6 Å². The smallest absolute Gasteiger partial charge is 0.224 e. The Labute approximate surface area is 476 Å². The van der Waals surface area contributed by atoms with Crippen molar-refractivity contribution in [1.82, 2.24) is 31.2 Å². The van der Waals surface area contributed by atoms with E-state index in [9.17, 15) is 53.4 Å². The number of carbonyl (C=O) groups excluding carboxylic acids is 9. The Bertz CT molecular complexity index is 2400. The highest BCUT2D eigenvalue weighted by Gasteiger charge is 2.36. The molecule has 2 rings (SSSR count). The Morgan fingerprint density at radius 3 is 1.62 bits per heavy atom. The fourth-order valence-corrected chi connectivity index (χ4v) is 9.47. The molecule has 17 N–H and O–H groups in total. The van der Waals surface area contributed by atoms with Crippen molar-refractivity contribution in [3.8, 4) is 5.75 Å². The fourth-order valence-electron chi connectivity index (χ4n) is 9.47. The molecule has 81 heavy (non-hydrogen) atoms. The van der Waals surface area contributed by atoms with E-state index in [0.717, 1.165) is 5.56 Å². The summed E-state index contributed by atoms with van der Waals surface area (Å²) in [5.74, 6) is -10.3. The molecule has 452 valence electrons. The first kappa shape index (κ1) is 69.9. The molecule has 1 heterocycles. The number of aromatic amines is 1. The number of benzene rings is 1. The maximum absolute atomic E-state index is 14.6. The van der Waals surface area contributed by atoms with Crippen LogP contribution in [-0.2, 0) is 56.0 Å². The second-order valence-electron chi connectivity index (χ2n) is 22.2. The summed E-state index contributed by atoms with van der Waals surface area (Å²) >= 11 is 0. The third kappa shape index (κ3) is 26.3. The van der Waals surface area contributed by atoms with Crippen molar-refractivity contribution in [1.29, 1.82) is 0 Å². The lowest BCUT2D eigenvalue weighted by atomic mass is 9.85. The average molecular weight is 1140 g/mol. The lowest BCUT2D eigenvalue weighted by Crippen LogP contribution is -2.50. The van der Waals surface area contributed by atoms with Crippen LogP contribution in [-0.4, -0.2) is 129 Å². The SMILES string of the molecule is CC[C@@H](Cc1ccc(O)cc1)C(=O)N[C@@H](C)C(=O)C[C@@H](Cc1cnc[nH]1)C(=O)N[C@@H](CCCN=C(N)N)C(=O)C[C@@H](CCCN=C(N)N)C(=O)N[C@@H](CC(C)C)C(=O)C[C@@H](CC(C)C)C(=O)N[C@@H](CO)C(=O)C[C@H](C(N)=O)[C@@H](C)CC. The molecule has 1 aromatic carbocycles. The van der Waals surface area contributed by atoms with Crippen LogP contribution in [0.2, 0.25) is 0 Å². The number of phenols is 1. The highest BCUT2D eigenvalue weighted by atomic mass is 16.3. The topological polar surface area (TPSA) is 426 Å². The Kier molecular flexibility index (Phi) is 31.2. The monoisotopic (exact) mass is 1140 g/mol. The summed E-state index contributed by atoms with van der Waals surface area (Å²) in [6.07, 6.45) is 3.76. The first-order valence-electron chi connectivity index (χ1n) is 28.3. The summed E-state index contributed by atoms with van der Waals surface area (Å²) in [5, 5.41) is 31.0. The molecule has 24 nitrogen and oxygen atoms in total. The molecule has 2 aromatic rings. The maximum Gasteiger partial charge on any atom is 0.224 e. The van der Waals surface area contributed by atoms with Crippen LogP contribution >= 0.6 is 0 Å². The van der Waals surface area contributed by atoms with Gasteiger partial charge in [0, 0.05) is 80.8 Å². The number of carbonyl (C=O) groups is 9. The van der Waals surface area contributed by atoms with E-state index < -0.39 is 114 Å². The lowest BCUT2D eigenvalue weighted by molar-refractivity contribution is -0.136. The number of aliphatic hydroxyl groups excluding tert-OH is 1. The number of nitrogens with zero attached hydrogens (tertiary/aromatic N) is 3. The van der Waals surface area contributed by atoms with Gasteiger partial charge in [-0.3, -0.25) is 53.1 Å². The molecule has 0 aliphatic heterocycles. The zero-order valence-corrected chi connectivity index (χ0v) is 48.7. The normalized spacial score (nSPS) is 15.0. The molecule has 10 atom stereocenters. The number of rotatable bonds is 41. The summed E-state index contributed by atoms with van der Waals surface area (Å²) in [4.78, 5) is 140. The zero-order chi connectivity index (χ0) is 60.9. The summed E-state index contributed by atoms with van der Waals surface area (Å²) in [5.41, 5.74) is 29.3. The van der Waals surface area contributed by atoms with Gasteiger partial charge in [0.25, 0.3) is 0 Å². The van der Waals surface area contributed by atoms with Crippen LogP contribution in [0, 0.1) is 47.3 Å². The number of aliphatic imine (C=N–C) groups is 2. The summed E-state index contributed by atoms with van der Waals surface area (Å²) in [6.45, 7) is 13.8. The standard InChI is InChI=1S/C57H93N13O11/c1-9-34(7)43(51(58)77)28-50(76)46(30-71)70-54(80)39(21-32(3)4)27-49(75)45(22-33(5)6)69-53(79)38(13-11-19-64-56(59)60)25-48(74)44(14-12-20-65-57(61)62)68-55(81)40(24-41-29-63-31-66-41)26-47(73)35(8)67-52(78)37(10-2)23-36-15-17-42(72)18-16-36/h15-18,29,31-35,37-40,43-46,71-72H,9-14,19-28,30H2,1-8H3,(H2,58,77)(H,63,66)(H,67,78)(H,68,81)(H,69,79)(H,70,80)(H4,59,60,64)(H4,61,62,65)/t34-,35-,37-,38+,39+,40+,43-,44-,45-,46-/m0/s1. The number of nitrogens with one attached hydrogen (secondary N) is 5. The number of aliphatic hydroxyl groups is 1. The van der Waals surface area contributed by atoms with Crippen LogP contribution in [0.15, 0.2) is 46.8 Å². The van der Waals surface area contributed by atoms with Gasteiger partial charge in [-0.25, -0.2) is 4.98 Å². The van der Waals surface area contributed by atoms with Gasteiger partial charge in [0.2, 0.25) is 29.5 Å². The number of H-pyrrole nitrogens is 1. The zero-order valence-electron chi connectivity index (χ0n) is 48.7. The predicted molar refractivity (Wildman–Crippen MR) is 308 cm³/mol. The first-order valence-corrected chi connectivity index (χ1v) is 28.3. The van der Waals surface area contributed by atoms with E-state index in [0.29, 0.717) is 25.0 Å². The Hall–Kier alpha value is -7.24. The highest BCUT2D eigenvalue weighted by Crippen LogP contribution is 2.24. The number of nitrogens with two attached hydrogens (primary N) is 5. The van der Waals surface area contributed by atoms with Crippen molar-refractivity contribution in [2.45, 2.75) is 169 Å². The number of primary amides is 1. The van der Waals surface area contributed by atoms with E-state index in [2.05, 4.69) is 41.2 Å². The minimum atomic E-state index is -1.37. The van der Waals surface area contributed by atoms with Gasteiger partial charge in [-0.05, 0) is 93.7 Å². The molecule has 0 saturated heterocycles. The Morgan fingerprint density at radius 1 is 0.580 bits per heavy atom. The minimum Gasteiger partial charge on any atom is -0.508 e. The Morgan fingerprint density at radius 2 is 1.09 bits per heavy atom. The van der Waals surface area contributed by atoms with Crippen LogP contribution < -0.4 is 49.9 Å². The molecule has 0 aliphatic rings. The molecule has 0 bridgehead atoms. The number of Topliss-reactive ketones (excluding diaryl/α,β-unsaturated/α-hetero) is 4. The van der Waals surface area contributed by atoms with E-state index in [1.54, 1.807) is 19.1 Å². The number of aromatic nitrogens is 2. The van der Waals surface area contributed by atoms with Crippen molar-refractivity contribution in [3.63, 3.8) is 0 Å². The second-order valence-corrected chi connectivity index (χ2v) is 22.2. The third-order valence-corrected chi connectivity index (χ3v) is 14.4. The van der Waals surface area contributed by atoms with E-state index in [-0.39, 0.29) is 119 Å². The molecule has 0 unspecified atom stereocenters. The molecule has 0 fully saturated rings. The molecule has 0 spiro atoms. The van der Waals surface area contributed by atoms with Crippen LogP contribution in [0.25, 0.3) is 0 Å². The van der Waals surface area contributed by atoms with E-state index >= 15 is 0 Å². The van der Waals surface area contributed by atoms with Gasteiger partial charge < -0.3 is 65.1 Å². The minimum absolute atomic E-state index is 0.00225. The van der Waals surface area contributed by atoms with Crippen LogP contribution in [0.4, 0.5) is 0 Å². The van der Waals surface area contributed by atoms with Gasteiger partial charge >= 0.3 is 0 Å². The molecular weight excluding hydrogens is 1040 g/mol. The highest BCUT2D eigenvalue weighted by molar-refractivity contribution is 5.98. The number of hydrogen-bond acceptors (Lipinski definition) is 14. The number of guanidine groups is 2. The van der Waals surface area contributed by atoms with Crippen molar-refractivity contribution >= 4 is 64.6 Å². The summed E-state index contributed by atoms with van der Waals surface area (Å²) in [6, 6.07) is 1.77. The van der Waals surface area contributed by atoms with Crippen LogP contribution in [0.1, 0.15) is 144 Å². The average Bonchev–Trinajstić information content (AvgIpc) is 3.94. The summed E-state index contributed by atoms with van der Waals surface area (Å²) < 4.78 is 0. The van der Waals surface area contributed by atoms with Crippen molar-refractivity contribution < 1.29 is 53.4 Å². The number of hydrogen-bond donors (Lipinski definition) is 12. The molecule has 5 amide bonds. The molecule has 0 radical (unpaired) electrons. The fraction of sp³-hybridized carbons (Fsp3) is 0.649. The van der Waals surface area contributed by atoms with Gasteiger partial charge in [-0.15, -0.1) is 0 Å². The van der Waals surface area contributed by atoms with E-state index in [4.69, 9.17) is 28.7 Å². The van der Waals surface area contributed by atoms with Gasteiger partial charge in [0.05, 0.1) is 37.0 Å². The second kappa shape index (κ2) is 36.2. The number of aromatic hydroxyl groups is 1. The van der Waals surface area contributed by atoms with Gasteiger partial charge in [0.1, 0.15) is 11.8 Å². The number of phenolic OH excluding ortho intramolecular Hbond substituents is 1. The molecular formula is C57H93N13O11. The molecule has 0 aliphatic carbocycles. The molecule has 1 aromatic heterocycles. The predicted octanol–water partition coefficient (Wildman–Crippen LogP) is 1.91. The van der Waals surface area contributed by atoms with Crippen molar-refractivity contribution in [2.75, 3.05) is 19.7 Å². The summed E-state index contributed by atoms with van der Waals surface area (Å²) in [7, 11) is 0.